The quantitative estimate of drug-likeness (QED) is 0.336. The summed E-state index contributed by atoms with van der Waals surface area (Å²) < 4.78 is 0. The Balaban J connectivity index is 1.52. The summed E-state index contributed by atoms with van der Waals surface area (Å²) in [5.74, 6) is 0.957. The second kappa shape index (κ2) is 10.3. The molecule has 0 heterocycles. The molecule has 0 saturated heterocycles. The fraction of sp³-hybridized carbons (Fsp3) is 0.208. The van der Waals surface area contributed by atoms with E-state index in [1.165, 1.54) is 21.6 Å². The lowest BCUT2D eigenvalue weighted by Gasteiger charge is -2.20. The third-order valence-electron chi connectivity index (χ3n) is 4.55. The van der Waals surface area contributed by atoms with Crippen LogP contribution in [0.3, 0.4) is 0 Å². The molecule has 3 rings (SSSR count). The Labute approximate surface area is 177 Å². The van der Waals surface area contributed by atoms with Crippen LogP contribution < -0.4 is 10.6 Å². The SMILES string of the molecule is CCC(NC(=S)Nc1ccc(CSc2ccccc2)cc1)c1ccc(C)cc1. The summed E-state index contributed by atoms with van der Waals surface area (Å²) >= 11 is 7.37. The summed E-state index contributed by atoms with van der Waals surface area (Å²) in [4.78, 5) is 1.29. The highest BCUT2D eigenvalue weighted by Gasteiger charge is 2.10. The van der Waals surface area contributed by atoms with Gasteiger partial charge in [-0.05, 0) is 61.0 Å². The first-order valence-corrected chi connectivity index (χ1v) is 10.9. The van der Waals surface area contributed by atoms with E-state index in [9.17, 15) is 0 Å². The number of benzene rings is 3. The van der Waals surface area contributed by atoms with Crippen LogP contribution in [-0.2, 0) is 5.75 Å². The number of hydrogen-bond acceptors (Lipinski definition) is 2. The first-order chi connectivity index (χ1) is 13.6. The summed E-state index contributed by atoms with van der Waals surface area (Å²) in [7, 11) is 0. The van der Waals surface area contributed by atoms with Crippen molar-refractivity contribution in [3.8, 4) is 0 Å². The highest BCUT2D eigenvalue weighted by Crippen LogP contribution is 2.23. The average Bonchev–Trinajstić information content (AvgIpc) is 2.73. The lowest BCUT2D eigenvalue weighted by Crippen LogP contribution is -2.32. The van der Waals surface area contributed by atoms with Gasteiger partial charge in [0.25, 0.3) is 0 Å². The van der Waals surface area contributed by atoms with Crippen LogP contribution in [0, 0.1) is 6.92 Å². The van der Waals surface area contributed by atoms with E-state index in [1.54, 1.807) is 0 Å². The monoisotopic (exact) mass is 406 g/mol. The van der Waals surface area contributed by atoms with E-state index in [2.05, 4.69) is 97.3 Å². The van der Waals surface area contributed by atoms with Crippen LogP contribution in [0.25, 0.3) is 0 Å². The minimum absolute atomic E-state index is 0.210. The van der Waals surface area contributed by atoms with E-state index in [0.29, 0.717) is 5.11 Å². The second-order valence-corrected chi connectivity index (χ2v) is 8.23. The molecule has 2 N–H and O–H groups in total. The lowest BCUT2D eigenvalue weighted by atomic mass is 10.0. The van der Waals surface area contributed by atoms with E-state index in [0.717, 1.165) is 17.9 Å². The van der Waals surface area contributed by atoms with Gasteiger partial charge >= 0.3 is 0 Å². The summed E-state index contributed by atoms with van der Waals surface area (Å²) in [6.45, 7) is 4.27. The molecule has 0 saturated carbocycles. The molecule has 0 aromatic heterocycles. The van der Waals surface area contributed by atoms with Crippen LogP contribution in [0.1, 0.15) is 36.1 Å². The molecular formula is C24H26N2S2. The van der Waals surface area contributed by atoms with Crippen molar-refractivity contribution < 1.29 is 0 Å². The van der Waals surface area contributed by atoms with Crippen molar-refractivity contribution in [2.24, 2.45) is 0 Å². The maximum atomic E-state index is 5.53. The molecule has 2 nitrogen and oxygen atoms in total. The molecule has 0 radical (unpaired) electrons. The zero-order chi connectivity index (χ0) is 19.8. The number of aryl methyl sites for hydroxylation is 1. The molecule has 0 aliphatic rings. The second-order valence-electron chi connectivity index (χ2n) is 6.77. The Hall–Kier alpha value is -2.30. The number of anilines is 1. The van der Waals surface area contributed by atoms with Gasteiger partial charge in [0.1, 0.15) is 0 Å². The van der Waals surface area contributed by atoms with Crippen LogP contribution >= 0.6 is 24.0 Å². The van der Waals surface area contributed by atoms with Crippen molar-refractivity contribution in [2.75, 3.05) is 5.32 Å². The van der Waals surface area contributed by atoms with Gasteiger partial charge in [0, 0.05) is 16.3 Å². The highest BCUT2D eigenvalue weighted by atomic mass is 32.2. The number of thioether (sulfide) groups is 1. The predicted octanol–water partition coefficient (Wildman–Crippen LogP) is 6.73. The van der Waals surface area contributed by atoms with Crippen LogP contribution in [0.5, 0.6) is 0 Å². The molecule has 1 atom stereocenters. The Morgan fingerprint density at radius 3 is 2.25 bits per heavy atom. The van der Waals surface area contributed by atoms with Gasteiger partial charge in [-0.2, -0.15) is 0 Å². The van der Waals surface area contributed by atoms with E-state index < -0.39 is 0 Å². The summed E-state index contributed by atoms with van der Waals surface area (Å²) in [5, 5.41) is 7.38. The molecule has 28 heavy (non-hydrogen) atoms. The Morgan fingerprint density at radius 1 is 0.929 bits per heavy atom. The van der Waals surface area contributed by atoms with Crippen molar-refractivity contribution in [3.05, 3.63) is 95.6 Å². The Kier molecular flexibility index (Phi) is 7.52. The molecule has 0 bridgehead atoms. The van der Waals surface area contributed by atoms with Gasteiger partial charge in [0.05, 0.1) is 6.04 Å². The van der Waals surface area contributed by atoms with Gasteiger partial charge < -0.3 is 10.6 Å². The molecular weight excluding hydrogens is 380 g/mol. The van der Waals surface area contributed by atoms with Gasteiger partial charge in [-0.3, -0.25) is 0 Å². The minimum Gasteiger partial charge on any atom is -0.356 e. The molecule has 0 aliphatic carbocycles. The minimum atomic E-state index is 0.210. The van der Waals surface area contributed by atoms with Crippen LogP contribution in [-0.4, -0.2) is 5.11 Å². The van der Waals surface area contributed by atoms with E-state index >= 15 is 0 Å². The van der Waals surface area contributed by atoms with Crippen LogP contribution in [0.4, 0.5) is 5.69 Å². The Morgan fingerprint density at radius 2 is 1.61 bits per heavy atom. The largest absolute Gasteiger partial charge is 0.356 e. The summed E-state index contributed by atoms with van der Waals surface area (Å²) in [6.07, 6.45) is 0.973. The molecule has 0 amide bonds. The van der Waals surface area contributed by atoms with Crippen LogP contribution in [0.2, 0.25) is 0 Å². The van der Waals surface area contributed by atoms with E-state index in [-0.39, 0.29) is 6.04 Å². The van der Waals surface area contributed by atoms with E-state index in [4.69, 9.17) is 12.2 Å². The molecule has 3 aromatic rings. The molecule has 0 fully saturated rings. The van der Waals surface area contributed by atoms with Crippen molar-refractivity contribution in [3.63, 3.8) is 0 Å². The number of hydrogen-bond donors (Lipinski definition) is 2. The van der Waals surface area contributed by atoms with E-state index in [1.807, 2.05) is 17.8 Å². The van der Waals surface area contributed by atoms with Crippen molar-refractivity contribution >= 4 is 34.8 Å². The summed E-state index contributed by atoms with van der Waals surface area (Å²) in [5.41, 5.74) is 4.82. The molecule has 144 valence electrons. The fourth-order valence-electron chi connectivity index (χ4n) is 2.91. The third kappa shape index (κ3) is 6.11. The van der Waals surface area contributed by atoms with Gasteiger partial charge in [0.2, 0.25) is 0 Å². The van der Waals surface area contributed by atoms with Crippen molar-refractivity contribution in [1.82, 2.24) is 5.32 Å². The van der Waals surface area contributed by atoms with Crippen LogP contribution in [0.15, 0.2) is 83.8 Å². The lowest BCUT2D eigenvalue weighted by molar-refractivity contribution is 0.629. The highest BCUT2D eigenvalue weighted by molar-refractivity contribution is 7.98. The number of thiocarbonyl (C=S) groups is 1. The molecule has 4 heteroatoms. The van der Waals surface area contributed by atoms with Gasteiger partial charge in [0.15, 0.2) is 5.11 Å². The molecule has 3 aromatic carbocycles. The van der Waals surface area contributed by atoms with Gasteiger partial charge in [-0.15, -0.1) is 11.8 Å². The predicted molar refractivity (Wildman–Crippen MR) is 126 cm³/mol. The first kappa shape index (κ1) is 20.4. The number of nitrogens with one attached hydrogen (secondary N) is 2. The first-order valence-electron chi connectivity index (χ1n) is 9.55. The standard InChI is InChI=1S/C24H26N2S2/c1-3-23(20-13-9-18(2)10-14-20)26-24(27)25-21-15-11-19(12-16-21)17-28-22-7-5-4-6-8-22/h4-16,23H,3,17H2,1-2H3,(H2,25,26,27). The maximum Gasteiger partial charge on any atom is 0.171 e. The van der Waals surface area contributed by atoms with Crippen molar-refractivity contribution in [2.45, 2.75) is 37.0 Å². The fourth-order valence-corrected chi connectivity index (χ4v) is 4.05. The zero-order valence-corrected chi connectivity index (χ0v) is 17.9. The topological polar surface area (TPSA) is 24.1 Å². The molecule has 0 spiro atoms. The van der Waals surface area contributed by atoms with Crippen molar-refractivity contribution in [1.29, 1.82) is 0 Å². The molecule has 0 aliphatic heterocycles. The normalized spacial score (nSPS) is 11.6. The molecule has 1 unspecified atom stereocenters. The number of rotatable bonds is 7. The third-order valence-corrected chi connectivity index (χ3v) is 5.86. The van der Waals surface area contributed by atoms with Gasteiger partial charge in [-0.25, -0.2) is 0 Å². The average molecular weight is 407 g/mol. The maximum absolute atomic E-state index is 5.53. The zero-order valence-electron chi connectivity index (χ0n) is 16.3. The van der Waals surface area contributed by atoms with Gasteiger partial charge in [-0.1, -0.05) is 67.1 Å². The smallest absolute Gasteiger partial charge is 0.171 e. The summed E-state index contributed by atoms with van der Waals surface area (Å²) in [6, 6.07) is 27.8. The Bertz CT molecular complexity index is 875.